The number of aliphatic hydroxyl groups excluding tert-OH is 8. The summed E-state index contributed by atoms with van der Waals surface area (Å²) in [6.45, 7) is 2.58. The van der Waals surface area contributed by atoms with Crippen LogP contribution in [0.15, 0.2) is 146 Å². The van der Waals surface area contributed by atoms with Crippen LogP contribution in [0.5, 0.6) is 0 Å². The van der Waals surface area contributed by atoms with Crippen molar-refractivity contribution in [1.29, 1.82) is 0 Å². The lowest BCUT2D eigenvalue weighted by molar-refractivity contribution is -0.359. The maximum absolute atomic E-state index is 13.2. The average Bonchev–Trinajstić information content (AvgIpc) is 3.49. The Morgan fingerprint density at radius 1 is 0.463 bits per heavy atom. The van der Waals surface area contributed by atoms with Crippen molar-refractivity contribution in [3.63, 3.8) is 0 Å². The number of nitrogens with one attached hydrogen (secondary N) is 1. The summed E-state index contributed by atoms with van der Waals surface area (Å²) in [7, 11) is 0. The topological polar surface area (TPSA) is 228 Å². The number of carbonyl (C=O) groups excluding carboxylic acids is 1. The van der Waals surface area contributed by atoms with Gasteiger partial charge in [-0.15, -0.1) is 0 Å². The van der Waals surface area contributed by atoms with Gasteiger partial charge in [0.2, 0.25) is 5.91 Å². The fourth-order valence-corrected chi connectivity index (χ4v) is 8.70. The van der Waals surface area contributed by atoms with E-state index in [0.717, 1.165) is 116 Å². The first kappa shape index (κ1) is 72.0. The van der Waals surface area contributed by atoms with Gasteiger partial charge in [0.1, 0.15) is 48.8 Å². The van der Waals surface area contributed by atoms with Gasteiger partial charge in [0.25, 0.3) is 0 Å². The number of allylic oxidation sites excluding steroid dienone is 23. The molecule has 2 aliphatic rings. The smallest absolute Gasteiger partial charge is 0.220 e. The minimum atomic E-state index is -1.80. The average molecular weight is 1120 g/mol. The first-order chi connectivity index (χ1) is 39.1. The standard InChI is InChI=1S/C66H105NO13/c1-3-5-7-9-11-13-14-15-16-17-18-19-20-21-22-23-24-25-26-27-28-29-30-31-32-33-34-35-36-37-38-39-40-42-44-46-48-50-58(71)67-54(55(70)49-47-45-43-41-12-10-8-6-4-2)53-77-65-63(76)61(74)64(57(52-69)79-65)80-66-62(75)60(73)59(72)56(51-68)78-66/h5,7,11,13,15-16,18-19,21-22,24-25,27-28,30-31,33-34,36-37,39-40,47,49,54-57,59-66,68-70,72-76H,3-4,6,8-10,12,14,17,20,23,26,29,32,35,38,41-46,48,50-53H2,1-2H3,(H,67,71)/b7-5-,13-11-,16-15-,19-18-,22-21-,25-24-,28-27-,31-30-,34-33-,37-36-,40-39-,49-47+. The molecule has 452 valence electrons. The molecule has 0 aromatic heterocycles. The maximum Gasteiger partial charge on any atom is 0.220 e. The van der Waals surface area contributed by atoms with E-state index in [1.54, 1.807) is 6.08 Å². The zero-order valence-corrected chi connectivity index (χ0v) is 48.5. The Hall–Kier alpha value is -4.13. The van der Waals surface area contributed by atoms with Gasteiger partial charge in [0.05, 0.1) is 32.0 Å². The summed E-state index contributed by atoms with van der Waals surface area (Å²) in [5.74, 6) is -0.282. The molecule has 2 saturated heterocycles. The van der Waals surface area contributed by atoms with E-state index in [1.807, 2.05) is 6.08 Å². The zero-order chi connectivity index (χ0) is 58.1. The Bertz CT molecular complexity index is 1900. The third kappa shape index (κ3) is 34.3. The summed E-state index contributed by atoms with van der Waals surface area (Å²) in [4.78, 5) is 13.2. The molecule has 0 bridgehead atoms. The van der Waals surface area contributed by atoms with E-state index in [1.165, 1.54) is 25.7 Å². The van der Waals surface area contributed by atoms with Gasteiger partial charge in [-0.2, -0.15) is 0 Å². The number of amides is 1. The van der Waals surface area contributed by atoms with Crippen molar-refractivity contribution in [2.45, 2.75) is 242 Å². The SMILES string of the molecule is CC/C=C\C/C=C\C/C=C\C/C=C\C/C=C\C/C=C\C/C=C\C/C=C\C/C=C\C/C=C\C/C=C\CCCCCC(=O)NC(COC1OC(CO)C(OC2OC(CO)C(O)C(O)C2O)C(O)C1O)C(O)/C=C/CCCCCCCCC. The van der Waals surface area contributed by atoms with Crippen molar-refractivity contribution in [2.24, 2.45) is 0 Å². The molecule has 0 saturated carbocycles. The lowest BCUT2D eigenvalue weighted by Gasteiger charge is -2.46. The molecule has 0 aliphatic carbocycles. The predicted octanol–water partition coefficient (Wildman–Crippen LogP) is 10.5. The summed E-state index contributed by atoms with van der Waals surface area (Å²) in [6, 6.07) is -0.941. The molecule has 12 unspecified atom stereocenters. The van der Waals surface area contributed by atoms with Crippen LogP contribution in [0.25, 0.3) is 0 Å². The molecule has 2 heterocycles. The van der Waals surface area contributed by atoms with Crippen LogP contribution in [-0.4, -0.2) is 140 Å². The third-order valence-electron chi connectivity index (χ3n) is 13.5. The molecule has 9 N–H and O–H groups in total. The third-order valence-corrected chi connectivity index (χ3v) is 13.5. The fraction of sp³-hybridized carbons (Fsp3) is 0.621. The molecule has 2 rings (SSSR count). The summed E-state index contributed by atoms with van der Waals surface area (Å²) in [5, 5.41) is 86.7. The first-order valence-corrected chi connectivity index (χ1v) is 30.1. The normalized spacial score (nSPS) is 25.3. The number of ether oxygens (including phenoxy) is 4. The van der Waals surface area contributed by atoms with Gasteiger partial charge in [-0.3, -0.25) is 4.79 Å². The van der Waals surface area contributed by atoms with E-state index >= 15 is 0 Å². The van der Waals surface area contributed by atoms with Gasteiger partial charge in [-0.1, -0.05) is 205 Å². The predicted molar refractivity (Wildman–Crippen MR) is 322 cm³/mol. The highest BCUT2D eigenvalue weighted by Crippen LogP contribution is 2.30. The summed E-state index contributed by atoms with van der Waals surface area (Å²) in [5.41, 5.74) is 0. The largest absolute Gasteiger partial charge is 0.394 e. The Morgan fingerprint density at radius 3 is 1.32 bits per heavy atom. The van der Waals surface area contributed by atoms with E-state index < -0.39 is 86.8 Å². The number of hydrogen-bond acceptors (Lipinski definition) is 13. The summed E-state index contributed by atoms with van der Waals surface area (Å²) >= 11 is 0. The lowest BCUT2D eigenvalue weighted by atomic mass is 9.97. The Morgan fingerprint density at radius 2 is 0.863 bits per heavy atom. The highest BCUT2D eigenvalue weighted by atomic mass is 16.7. The van der Waals surface area contributed by atoms with E-state index in [2.05, 4.69) is 153 Å². The second-order valence-electron chi connectivity index (χ2n) is 20.4. The monoisotopic (exact) mass is 1120 g/mol. The molecule has 0 spiro atoms. The minimum absolute atomic E-state index is 0.230. The number of hydrogen-bond donors (Lipinski definition) is 9. The van der Waals surface area contributed by atoms with Gasteiger partial charge < -0.3 is 65.1 Å². The van der Waals surface area contributed by atoms with Crippen LogP contribution in [-0.2, 0) is 23.7 Å². The Kier molecular flexibility index (Phi) is 44.5. The van der Waals surface area contributed by atoms with Gasteiger partial charge in [-0.25, -0.2) is 0 Å². The van der Waals surface area contributed by atoms with E-state index in [0.29, 0.717) is 6.42 Å². The molecule has 2 fully saturated rings. The second kappa shape index (κ2) is 49.5. The minimum Gasteiger partial charge on any atom is -0.394 e. The zero-order valence-electron chi connectivity index (χ0n) is 48.5. The van der Waals surface area contributed by atoms with Crippen LogP contribution in [0, 0.1) is 0 Å². The number of unbranched alkanes of at least 4 members (excludes halogenated alkanes) is 10. The van der Waals surface area contributed by atoms with Crippen molar-refractivity contribution in [3.8, 4) is 0 Å². The molecular weight excluding hydrogens is 1010 g/mol. The van der Waals surface area contributed by atoms with Crippen LogP contribution in [0.4, 0.5) is 0 Å². The fourth-order valence-electron chi connectivity index (χ4n) is 8.70. The molecule has 14 heteroatoms. The van der Waals surface area contributed by atoms with E-state index in [9.17, 15) is 45.6 Å². The molecule has 2 aliphatic heterocycles. The van der Waals surface area contributed by atoms with Crippen molar-refractivity contribution >= 4 is 5.91 Å². The Labute approximate surface area is 481 Å². The highest BCUT2D eigenvalue weighted by molar-refractivity contribution is 5.76. The second-order valence-corrected chi connectivity index (χ2v) is 20.4. The van der Waals surface area contributed by atoms with Gasteiger partial charge in [-0.05, 0) is 103 Å². The van der Waals surface area contributed by atoms with E-state index in [4.69, 9.17) is 18.9 Å². The van der Waals surface area contributed by atoms with Crippen molar-refractivity contribution in [2.75, 3.05) is 19.8 Å². The van der Waals surface area contributed by atoms with Crippen LogP contribution < -0.4 is 5.32 Å². The molecular formula is C66H105NO13. The van der Waals surface area contributed by atoms with Crippen LogP contribution in [0.2, 0.25) is 0 Å². The van der Waals surface area contributed by atoms with Gasteiger partial charge in [0, 0.05) is 6.42 Å². The lowest BCUT2D eigenvalue weighted by Crippen LogP contribution is -2.65. The quantitative estimate of drug-likeness (QED) is 0.0205. The van der Waals surface area contributed by atoms with Crippen LogP contribution >= 0.6 is 0 Å². The maximum atomic E-state index is 13.2. The molecule has 0 aromatic carbocycles. The molecule has 0 radical (unpaired) electrons. The van der Waals surface area contributed by atoms with Crippen LogP contribution in [0.3, 0.4) is 0 Å². The molecule has 14 nitrogen and oxygen atoms in total. The summed E-state index contributed by atoms with van der Waals surface area (Å²) in [6.07, 6.45) is 57.7. The Balaban J connectivity index is 1.66. The molecule has 1 amide bonds. The van der Waals surface area contributed by atoms with Crippen molar-refractivity contribution in [3.05, 3.63) is 146 Å². The molecule has 12 atom stereocenters. The number of rotatable bonds is 45. The number of aliphatic hydroxyl groups is 8. The van der Waals surface area contributed by atoms with Gasteiger partial charge >= 0.3 is 0 Å². The first-order valence-electron chi connectivity index (χ1n) is 30.1. The summed E-state index contributed by atoms with van der Waals surface area (Å²) < 4.78 is 22.7. The van der Waals surface area contributed by atoms with Crippen LogP contribution in [0.1, 0.15) is 168 Å². The highest BCUT2D eigenvalue weighted by Gasteiger charge is 2.51. The van der Waals surface area contributed by atoms with E-state index in [-0.39, 0.29) is 18.9 Å². The van der Waals surface area contributed by atoms with Crippen molar-refractivity contribution < 1.29 is 64.6 Å². The van der Waals surface area contributed by atoms with Crippen molar-refractivity contribution in [1.82, 2.24) is 5.32 Å². The number of carbonyl (C=O) groups is 1. The molecule has 80 heavy (non-hydrogen) atoms. The van der Waals surface area contributed by atoms with Gasteiger partial charge in [0.15, 0.2) is 12.6 Å². The molecule has 0 aromatic rings.